The Balaban J connectivity index is 2.17. The van der Waals surface area contributed by atoms with E-state index in [1.54, 1.807) is 0 Å². The van der Waals surface area contributed by atoms with Crippen molar-refractivity contribution >= 4 is 23.7 Å². The number of imide groups is 1. The third-order valence-corrected chi connectivity index (χ3v) is 2.61. The molecule has 0 radical (unpaired) electrons. The first-order valence-corrected chi connectivity index (χ1v) is 5.42. The molecule has 3 amide bonds. The van der Waals surface area contributed by atoms with E-state index < -0.39 is 23.7 Å². The van der Waals surface area contributed by atoms with Crippen LogP contribution in [-0.4, -0.2) is 46.8 Å². The monoisotopic (exact) mass is 262 g/mol. The van der Waals surface area contributed by atoms with Gasteiger partial charge < -0.3 is 10.0 Å². The number of aromatic carboxylic acids is 1. The van der Waals surface area contributed by atoms with Crippen LogP contribution in [0.15, 0.2) is 24.3 Å². The minimum atomic E-state index is -1.09. The summed E-state index contributed by atoms with van der Waals surface area (Å²) >= 11 is 0. The van der Waals surface area contributed by atoms with E-state index >= 15 is 0 Å². The number of rotatable bonds is 2. The zero-order valence-electron chi connectivity index (χ0n) is 9.75. The molecule has 98 valence electrons. The Kier molecular flexibility index (Phi) is 3.28. The SMILES string of the molecule is O=C1CN(C(=O)c2ccc(C(=O)O)cc2)CC(=O)N1. The number of amides is 3. The third-order valence-electron chi connectivity index (χ3n) is 2.61. The van der Waals surface area contributed by atoms with Crippen LogP contribution < -0.4 is 5.32 Å². The average molecular weight is 262 g/mol. The summed E-state index contributed by atoms with van der Waals surface area (Å²) in [4.78, 5) is 46.1. The molecule has 1 heterocycles. The molecule has 1 saturated heterocycles. The van der Waals surface area contributed by atoms with Crippen LogP contribution >= 0.6 is 0 Å². The molecule has 2 N–H and O–H groups in total. The van der Waals surface area contributed by atoms with Crippen molar-refractivity contribution in [3.05, 3.63) is 35.4 Å². The van der Waals surface area contributed by atoms with Gasteiger partial charge in [-0.2, -0.15) is 0 Å². The summed E-state index contributed by atoms with van der Waals surface area (Å²) in [6, 6.07) is 5.29. The van der Waals surface area contributed by atoms with Crippen molar-refractivity contribution in [2.75, 3.05) is 13.1 Å². The quantitative estimate of drug-likeness (QED) is 0.698. The Labute approximate surface area is 107 Å². The molecule has 0 aromatic heterocycles. The highest BCUT2D eigenvalue weighted by atomic mass is 16.4. The second-order valence-electron chi connectivity index (χ2n) is 4.02. The van der Waals surface area contributed by atoms with E-state index in [2.05, 4.69) is 5.32 Å². The Morgan fingerprint density at radius 1 is 1.00 bits per heavy atom. The number of nitrogens with one attached hydrogen (secondary N) is 1. The fourth-order valence-electron chi connectivity index (χ4n) is 1.72. The van der Waals surface area contributed by atoms with Gasteiger partial charge in [0.15, 0.2) is 0 Å². The Hall–Kier alpha value is -2.70. The minimum Gasteiger partial charge on any atom is -0.478 e. The smallest absolute Gasteiger partial charge is 0.335 e. The summed E-state index contributed by atoms with van der Waals surface area (Å²) in [6.07, 6.45) is 0. The Morgan fingerprint density at radius 2 is 1.47 bits per heavy atom. The number of carboxylic acids is 1. The largest absolute Gasteiger partial charge is 0.478 e. The number of piperazine rings is 1. The van der Waals surface area contributed by atoms with E-state index in [1.165, 1.54) is 24.3 Å². The van der Waals surface area contributed by atoms with E-state index in [9.17, 15) is 19.2 Å². The summed E-state index contributed by atoms with van der Waals surface area (Å²) in [6.45, 7) is -0.378. The fourth-order valence-corrected chi connectivity index (χ4v) is 1.72. The summed E-state index contributed by atoms with van der Waals surface area (Å²) in [7, 11) is 0. The minimum absolute atomic E-state index is 0.0593. The number of hydrogen-bond acceptors (Lipinski definition) is 4. The average Bonchev–Trinajstić information content (AvgIpc) is 2.37. The molecule has 1 fully saturated rings. The van der Waals surface area contributed by atoms with Crippen molar-refractivity contribution in [1.29, 1.82) is 0 Å². The van der Waals surface area contributed by atoms with Crippen molar-refractivity contribution in [3.63, 3.8) is 0 Å². The highest BCUT2D eigenvalue weighted by Gasteiger charge is 2.27. The normalized spacial score (nSPS) is 15.1. The van der Waals surface area contributed by atoms with Gasteiger partial charge in [-0.3, -0.25) is 19.7 Å². The van der Waals surface area contributed by atoms with Crippen LogP contribution in [0.5, 0.6) is 0 Å². The van der Waals surface area contributed by atoms with Gasteiger partial charge in [-0.25, -0.2) is 4.79 Å². The maximum atomic E-state index is 12.0. The number of hydrogen-bond donors (Lipinski definition) is 2. The molecule has 2 rings (SSSR count). The summed E-state index contributed by atoms with van der Waals surface area (Å²) in [5.74, 6) is -2.65. The van der Waals surface area contributed by atoms with Gasteiger partial charge in [0.1, 0.15) is 13.1 Å². The molecule has 1 aromatic carbocycles. The molecule has 0 bridgehead atoms. The van der Waals surface area contributed by atoms with Crippen LogP contribution in [0.25, 0.3) is 0 Å². The van der Waals surface area contributed by atoms with Gasteiger partial charge in [0.05, 0.1) is 5.56 Å². The number of carboxylic acid groups (broad SMARTS) is 1. The second-order valence-corrected chi connectivity index (χ2v) is 4.02. The zero-order chi connectivity index (χ0) is 14.0. The van der Waals surface area contributed by atoms with E-state index in [0.717, 1.165) is 4.90 Å². The maximum absolute atomic E-state index is 12.0. The molecule has 0 atom stereocenters. The van der Waals surface area contributed by atoms with Crippen molar-refractivity contribution in [2.24, 2.45) is 0 Å². The Bertz CT molecular complexity index is 548. The molecule has 1 aliphatic rings. The highest BCUT2D eigenvalue weighted by molar-refractivity contribution is 6.05. The zero-order valence-corrected chi connectivity index (χ0v) is 9.75. The van der Waals surface area contributed by atoms with Gasteiger partial charge in [-0.1, -0.05) is 0 Å². The molecular weight excluding hydrogens is 252 g/mol. The summed E-state index contributed by atoms with van der Waals surface area (Å²) in [5, 5.41) is 10.8. The van der Waals surface area contributed by atoms with Gasteiger partial charge in [-0.15, -0.1) is 0 Å². The van der Waals surface area contributed by atoms with Gasteiger partial charge in [-0.05, 0) is 24.3 Å². The predicted octanol–water partition coefficient (Wildman–Crippen LogP) is -0.517. The van der Waals surface area contributed by atoms with Gasteiger partial charge in [0.2, 0.25) is 11.8 Å². The van der Waals surface area contributed by atoms with Crippen LogP contribution in [0.4, 0.5) is 0 Å². The predicted molar refractivity (Wildman–Crippen MR) is 62.5 cm³/mol. The lowest BCUT2D eigenvalue weighted by Gasteiger charge is -2.25. The van der Waals surface area contributed by atoms with Crippen LogP contribution in [0.2, 0.25) is 0 Å². The standard InChI is InChI=1S/C12H10N2O5/c15-9-5-14(6-10(16)13-9)11(17)7-1-3-8(4-2-7)12(18)19/h1-4H,5-6H2,(H,18,19)(H,13,15,16). The first kappa shape index (κ1) is 12.7. The lowest BCUT2D eigenvalue weighted by atomic mass is 10.1. The van der Waals surface area contributed by atoms with E-state index in [1.807, 2.05) is 0 Å². The van der Waals surface area contributed by atoms with Crippen molar-refractivity contribution < 1.29 is 24.3 Å². The van der Waals surface area contributed by atoms with Crippen molar-refractivity contribution in [1.82, 2.24) is 10.2 Å². The first-order chi connectivity index (χ1) is 8.97. The van der Waals surface area contributed by atoms with Crippen LogP contribution in [0.1, 0.15) is 20.7 Å². The second kappa shape index (κ2) is 4.89. The van der Waals surface area contributed by atoms with Crippen LogP contribution in [0, 0.1) is 0 Å². The summed E-state index contributed by atoms with van der Waals surface area (Å²) in [5.41, 5.74) is 0.288. The summed E-state index contributed by atoms with van der Waals surface area (Å²) < 4.78 is 0. The molecule has 1 aromatic rings. The first-order valence-electron chi connectivity index (χ1n) is 5.42. The topological polar surface area (TPSA) is 104 Å². The molecular formula is C12H10N2O5. The molecule has 7 heteroatoms. The molecule has 0 saturated carbocycles. The number of nitrogens with zero attached hydrogens (tertiary/aromatic N) is 1. The van der Waals surface area contributed by atoms with Crippen LogP contribution in [-0.2, 0) is 9.59 Å². The van der Waals surface area contributed by atoms with E-state index in [0.29, 0.717) is 0 Å². The van der Waals surface area contributed by atoms with Crippen molar-refractivity contribution in [2.45, 2.75) is 0 Å². The van der Waals surface area contributed by atoms with Gasteiger partial charge in [0.25, 0.3) is 5.91 Å². The highest BCUT2D eigenvalue weighted by Crippen LogP contribution is 2.09. The van der Waals surface area contributed by atoms with E-state index in [-0.39, 0.29) is 24.2 Å². The number of carbonyl (C=O) groups excluding carboxylic acids is 3. The van der Waals surface area contributed by atoms with Gasteiger partial charge in [0, 0.05) is 5.56 Å². The fraction of sp³-hybridized carbons (Fsp3) is 0.167. The number of benzene rings is 1. The van der Waals surface area contributed by atoms with Crippen LogP contribution in [0.3, 0.4) is 0 Å². The lowest BCUT2D eigenvalue weighted by Crippen LogP contribution is -2.53. The molecule has 0 unspecified atom stereocenters. The number of carbonyl (C=O) groups is 4. The molecule has 7 nitrogen and oxygen atoms in total. The Morgan fingerprint density at radius 3 is 1.95 bits per heavy atom. The molecule has 1 aliphatic heterocycles. The molecule has 19 heavy (non-hydrogen) atoms. The molecule has 0 spiro atoms. The van der Waals surface area contributed by atoms with Crippen molar-refractivity contribution in [3.8, 4) is 0 Å². The van der Waals surface area contributed by atoms with E-state index in [4.69, 9.17) is 5.11 Å². The van der Waals surface area contributed by atoms with Gasteiger partial charge >= 0.3 is 5.97 Å². The maximum Gasteiger partial charge on any atom is 0.335 e. The lowest BCUT2D eigenvalue weighted by molar-refractivity contribution is -0.135. The molecule has 0 aliphatic carbocycles. The third kappa shape index (κ3) is 2.76.